The van der Waals surface area contributed by atoms with Crippen LogP contribution in [0.3, 0.4) is 0 Å². The van der Waals surface area contributed by atoms with Crippen molar-refractivity contribution in [2.75, 3.05) is 32.8 Å². The summed E-state index contributed by atoms with van der Waals surface area (Å²) in [4.78, 5) is 14.8. The molecule has 0 unspecified atom stereocenters. The molecule has 2 heterocycles. The Hall–Kier alpha value is -2.11. The molecule has 0 aliphatic carbocycles. The fraction of sp³-hybridized carbons (Fsp3) is 0.542. The van der Waals surface area contributed by atoms with Crippen LogP contribution < -0.4 is 5.32 Å². The van der Waals surface area contributed by atoms with Crippen LogP contribution in [0.15, 0.2) is 40.8 Å². The van der Waals surface area contributed by atoms with Gasteiger partial charge < -0.3 is 14.5 Å². The number of aryl methyl sites for hydroxylation is 2. The molecule has 158 valence electrons. The Morgan fingerprint density at radius 1 is 1.10 bits per heavy atom. The number of furan rings is 1. The Balaban J connectivity index is 1.53. The molecule has 2 aromatic rings. The Kier molecular flexibility index (Phi) is 7.14. The van der Waals surface area contributed by atoms with Crippen LogP contribution in [0.25, 0.3) is 0 Å². The van der Waals surface area contributed by atoms with Crippen molar-refractivity contribution in [1.29, 1.82) is 0 Å². The van der Waals surface area contributed by atoms with Gasteiger partial charge in [0.05, 0.1) is 19.3 Å². The molecule has 1 aliphatic rings. The van der Waals surface area contributed by atoms with E-state index < -0.39 is 0 Å². The van der Waals surface area contributed by atoms with Crippen LogP contribution in [0, 0.1) is 6.92 Å². The third-order valence-corrected chi connectivity index (χ3v) is 5.53. The first-order valence-electron chi connectivity index (χ1n) is 10.6. The lowest BCUT2D eigenvalue weighted by Crippen LogP contribution is -2.43. The molecule has 1 aliphatic heterocycles. The zero-order valence-corrected chi connectivity index (χ0v) is 18.2. The van der Waals surface area contributed by atoms with Crippen LogP contribution in [0.1, 0.15) is 55.9 Å². The molecule has 1 amide bonds. The number of carbonyl (C=O) groups is 1. The Morgan fingerprint density at radius 2 is 1.79 bits per heavy atom. The van der Waals surface area contributed by atoms with Crippen LogP contribution in [-0.2, 0) is 21.4 Å². The van der Waals surface area contributed by atoms with Crippen LogP contribution in [0.4, 0.5) is 0 Å². The number of carbonyl (C=O) groups excluding carboxylic acids is 1. The Bertz CT molecular complexity index is 783. The van der Waals surface area contributed by atoms with Crippen molar-refractivity contribution in [1.82, 2.24) is 10.2 Å². The van der Waals surface area contributed by atoms with E-state index in [2.05, 4.69) is 55.3 Å². The number of morpholine rings is 1. The highest BCUT2D eigenvalue weighted by molar-refractivity contribution is 5.76. The van der Waals surface area contributed by atoms with Gasteiger partial charge in [-0.25, -0.2) is 0 Å². The highest BCUT2D eigenvalue weighted by atomic mass is 16.5. The lowest BCUT2D eigenvalue weighted by Gasteiger charge is -2.33. The monoisotopic (exact) mass is 398 g/mol. The quantitative estimate of drug-likeness (QED) is 0.766. The number of amides is 1. The second kappa shape index (κ2) is 9.59. The molecule has 0 radical (unpaired) electrons. The van der Waals surface area contributed by atoms with Crippen molar-refractivity contribution < 1.29 is 13.9 Å². The minimum atomic E-state index is 0.0441. The number of nitrogens with one attached hydrogen (secondary N) is 1. The van der Waals surface area contributed by atoms with E-state index in [0.29, 0.717) is 26.2 Å². The molecule has 29 heavy (non-hydrogen) atoms. The van der Waals surface area contributed by atoms with Gasteiger partial charge in [-0.1, -0.05) is 45.0 Å². The number of ether oxygens (including phenoxy) is 1. The maximum Gasteiger partial charge on any atom is 0.220 e. The molecule has 5 nitrogen and oxygen atoms in total. The van der Waals surface area contributed by atoms with E-state index in [0.717, 1.165) is 31.0 Å². The van der Waals surface area contributed by atoms with Crippen molar-refractivity contribution in [3.8, 4) is 0 Å². The van der Waals surface area contributed by atoms with Crippen LogP contribution >= 0.6 is 0 Å². The highest BCUT2D eigenvalue weighted by Crippen LogP contribution is 2.24. The summed E-state index contributed by atoms with van der Waals surface area (Å²) in [6, 6.07) is 12.6. The minimum Gasteiger partial charge on any atom is -0.465 e. The van der Waals surface area contributed by atoms with Gasteiger partial charge in [0.1, 0.15) is 11.5 Å². The number of nitrogens with zero attached hydrogens (tertiary/aromatic N) is 1. The van der Waals surface area contributed by atoms with Crippen molar-refractivity contribution in [2.24, 2.45) is 0 Å². The van der Waals surface area contributed by atoms with Crippen molar-refractivity contribution >= 4 is 5.91 Å². The number of rotatable bonds is 7. The summed E-state index contributed by atoms with van der Waals surface area (Å²) in [5.74, 6) is 1.87. The summed E-state index contributed by atoms with van der Waals surface area (Å²) in [6.07, 6.45) is 1.24. The summed E-state index contributed by atoms with van der Waals surface area (Å²) >= 11 is 0. The first kappa shape index (κ1) is 21.6. The molecule has 1 fully saturated rings. The lowest BCUT2D eigenvalue weighted by atomic mass is 9.86. The first-order valence-corrected chi connectivity index (χ1v) is 10.6. The SMILES string of the molecule is Cc1ccc([C@@H](CNC(=O)CCc2ccc(C(C)(C)C)cc2)N2CCOCC2)o1. The molecule has 0 spiro atoms. The maximum atomic E-state index is 12.5. The summed E-state index contributed by atoms with van der Waals surface area (Å²) in [7, 11) is 0. The van der Waals surface area contributed by atoms with Crippen molar-refractivity contribution in [3.05, 3.63) is 59.0 Å². The first-order chi connectivity index (χ1) is 13.8. The van der Waals surface area contributed by atoms with Gasteiger partial charge in [-0.15, -0.1) is 0 Å². The van der Waals surface area contributed by atoms with Crippen molar-refractivity contribution in [3.63, 3.8) is 0 Å². The smallest absolute Gasteiger partial charge is 0.220 e. The van der Waals surface area contributed by atoms with Crippen LogP contribution in [0.2, 0.25) is 0 Å². The Labute approximate surface area is 174 Å². The van der Waals surface area contributed by atoms with E-state index >= 15 is 0 Å². The largest absolute Gasteiger partial charge is 0.465 e. The standard InChI is InChI=1S/C24H34N2O3/c1-18-5-11-22(29-18)21(26-13-15-28-16-14-26)17-25-23(27)12-8-19-6-9-20(10-7-19)24(2,3)4/h5-7,9-11,21H,8,12-17H2,1-4H3,(H,25,27)/t21-/m1/s1. The van der Waals surface area contributed by atoms with Gasteiger partial charge in [-0.2, -0.15) is 0 Å². The van der Waals surface area contributed by atoms with Crippen LogP contribution in [-0.4, -0.2) is 43.7 Å². The van der Waals surface area contributed by atoms with E-state index in [-0.39, 0.29) is 17.4 Å². The molecule has 1 N–H and O–H groups in total. The molecule has 0 bridgehead atoms. The summed E-state index contributed by atoms with van der Waals surface area (Å²) in [5.41, 5.74) is 2.65. The fourth-order valence-electron chi connectivity index (χ4n) is 3.66. The van der Waals surface area contributed by atoms with Gasteiger partial charge in [-0.05, 0) is 42.0 Å². The molecule has 3 rings (SSSR count). The fourth-order valence-corrected chi connectivity index (χ4v) is 3.66. The van der Waals surface area contributed by atoms with Gasteiger partial charge in [0, 0.05) is 26.1 Å². The number of benzene rings is 1. The normalized spacial score (nSPS) is 16.6. The van der Waals surface area contributed by atoms with Gasteiger partial charge in [0.2, 0.25) is 5.91 Å². The van der Waals surface area contributed by atoms with Gasteiger partial charge in [-0.3, -0.25) is 9.69 Å². The Morgan fingerprint density at radius 3 is 2.38 bits per heavy atom. The number of hydrogen-bond acceptors (Lipinski definition) is 4. The highest BCUT2D eigenvalue weighted by Gasteiger charge is 2.25. The van der Waals surface area contributed by atoms with E-state index in [1.807, 2.05) is 19.1 Å². The molecular formula is C24H34N2O3. The third kappa shape index (κ3) is 6.18. The zero-order valence-electron chi connectivity index (χ0n) is 18.2. The molecule has 1 aromatic carbocycles. The average molecular weight is 399 g/mol. The molecular weight excluding hydrogens is 364 g/mol. The van der Waals surface area contributed by atoms with E-state index in [1.54, 1.807) is 0 Å². The molecule has 1 saturated heterocycles. The van der Waals surface area contributed by atoms with Gasteiger partial charge >= 0.3 is 0 Å². The summed E-state index contributed by atoms with van der Waals surface area (Å²) < 4.78 is 11.3. The second-order valence-electron chi connectivity index (χ2n) is 8.86. The zero-order chi connectivity index (χ0) is 20.9. The third-order valence-electron chi connectivity index (χ3n) is 5.53. The van der Waals surface area contributed by atoms with Crippen LogP contribution in [0.5, 0.6) is 0 Å². The molecule has 1 atom stereocenters. The average Bonchev–Trinajstić information content (AvgIpc) is 3.13. The minimum absolute atomic E-state index is 0.0441. The molecule has 0 saturated carbocycles. The van der Waals surface area contributed by atoms with Gasteiger partial charge in [0.25, 0.3) is 0 Å². The van der Waals surface area contributed by atoms with E-state index in [1.165, 1.54) is 11.1 Å². The van der Waals surface area contributed by atoms with Gasteiger partial charge in [0.15, 0.2) is 0 Å². The number of hydrogen-bond donors (Lipinski definition) is 1. The summed E-state index contributed by atoms with van der Waals surface area (Å²) in [6.45, 7) is 12.3. The second-order valence-corrected chi connectivity index (χ2v) is 8.86. The van der Waals surface area contributed by atoms with E-state index in [4.69, 9.17) is 9.15 Å². The summed E-state index contributed by atoms with van der Waals surface area (Å²) in [5, 5.41) is 3.11. The molecule has 5 heteroatoms. The predicted molar refractivity (Wildman–Crippen MR) is 115 cm³/mol. The van der Waals surface area contributed by atoms with Crippen molar-refractivity contribution in [2.45, 2.75) is 52.0 Å². The maximum absolute atomic E-state index is 12.5. The predicted octanol–water partition coefficient (Wildman–Crippen LogP) is 4.01. The van der Waals surface area contributed by atoms with E-state index in [9.17, 15) is 4.79 Å². The lowest BCUT2D eigenvalue weighted by molar-refractivity contribution is -0.121. The molecule has 1 aromatic heterocycles. The topological polar surface area (TPSA) is 54.7 Å².